The summed E-state index contributed by atoms with van der Waals surface area (Å²) >= 11 is 8.37. The molecular weight excluding hydrogens is 368 g/mol. The molecule has 0 bridgehead atoms. The van der Waals surface area contributed by atoms with Crippen LogP contribution in [0.5, 0.6) is 0 Å². The van der Waals surface area contributed by atoms with Gasteiger partial charge in [0.25, 0.3) is 11.8 Å². The Bertz CT molecular complexity index is 775. The second-order valence-electron chi connectivity index (χ2n) is 4.31. The second kappa shape index (κ2) is 4.89. The van der Waals surface area contributed by atoms with Crippen LogP contribution in [0.4, 0.5) is 14.5 Å². The van der Waals surface area contributed by atoms with Crippen molar-refractivity contribution in [3.63, 3.8) is 0 Å². The lowest BCUT2D eigenvalue weighted by Gasteiger charge is -2.17. The molecule has 21 heavy (non-hydrogen) atoms. The molecule has 3 rings (SSSR count). The average Bonchev–Trinajstić information content (AvgIpc) is 2.71. The van der Waals surface area contributed by atoms with Gasteiger partial charge in [0.1, 0.15) is 11.5 Å². The smallest absolute Gasteiger partial charge is 0.266 e. The number of anilines is 1. The quantitative estimate of drug-likeness (QED) is 0.428. The molecule has 0 atom stereocenters. The van der Waals surface area contributed by atoms with Crippen molar-refractivity contribution in [2.24, 2.45) is 0 Å². The summed E-state index contributed by atoms with van der Waals surface area (Å²) in [5.74, 6) is -3.33. The highest BCUT2D eigenvalue weighted by atomic mass is 79.9. The van der Waals surface area contributed by atoms with Crippen LogP contribution in [-0.2, 0) is 0 Å². The third-order valence-corrected chi connectivity index (χ3v) is 4.11. The Balaban J connectivity index is 2.23. The van der Waals surface area contributed by atoms with E-state index in [4.69, 9.17) is 11.6 Å². The minimum absolute atomic E-state index is 0.143. The maximum atomic E-state index is 14.1. The van der Waals surface area contributed by atoms with Crippen molar-refractivity contribution in [2.45, 2.75) is 0 Å². The van der Waals surface area contributed by atoms with E-state index < -0.39 is 34.2 Å². The van der Waals surface area contributed by atoms with E-state index in [9.17, 15) is 18.4 Å². The lowest BCUT2D eigenvalue weighted by molar-refractivity contribution is 0.0924. The SMILES string of the molecule is O=C1c2ccccc2C(=O)N1c1c(F)cc(Cl)c(F)c1Br. The van der Waals surface area contributed by atoms with E-state index in [1.165, 1.54) is 12.1 Å². The summed E-state index contributed by atoms with van der Waals surface area (Å²) in [4.78, 5) is 25.1. The molecule has 1 heterocycles. The molecule has 0 aromatic heterocycles. The molecule has 0 spiro atoms. The Morgan fingerprint density at radius 1 is 1.05 bits per heavy atom. The fourth-order valence-electron chi connectivity index (χ4n) is 2.15. The molecule has 0 fully saturated rings. The van der Waals surface area contributed by atoms with Gasteiger partial charge in [-0.05, 0) is 34.1 Å². The zero-order valence-corrected chi connectivity index (χ0v) is 12.5. The predicted octanol–water partition coefficient (Wildman–Crippen LogP) is 4.18. The summed E-state index contributed by atoms with van der Waals surface area (Å²) in [6, 6.07) is 6.80. The number of halogens is 4. The monoisotopic (exact) mass is 371 g/mol. The first-order valence-corrected chi connectivity index (χ1v) is 6.91. The second-order valence-corrected chi connectivity index (χ2v) is 5.51. The summed E-state index contributed by atoms with van der Waals surface area (Å²) in [5.41, 5.74) is -0.198. The van der Waals surface area contributed by atoms with Gasteiger partial charge in [0.2, 0.25) is 0 Å². The van der Waals surface area contributed by atoms with Crippen molar-refractivity contribution in [3.8, 4) is 0 Å². The minimum atomic E-state index is -0.970. The first-order valence-electron chi connectivity index (χ1n) is 5.74. The molecule has 0 saturated heterocycles. The number of amides is 2. The van der Waals surface area contributed by atoms with Crippen LogP contribution in [0.15, 0.2) is 34.8 Å². The Morgan fingerprint density at radius 2 is 1.57 bits per heavy atom. The molecule has 0 unspecified atom stereocenters. The summed E-state index contributed by atoms with van der Waals surface area (Å²) in [6.07, 6.45) is 0. The summed E-state index contributed by atoms with van der Waals surface area (Å²) in [5, 5.41) is -0.445. The van der Waals surface area contributed by atoms with E-state index in [-0.39, 0.29) is 15.6 Å². The van der Waals surface area contributed by atoms with Gasteiger partial charge in [0, 0.05) is 0 Å². The van der Waals surface area contributed by atoms with Crippen LogP contribution in [0.3, 0.4) is 0 Å². The van der Waals surface area contributed by atoms with Crippen LogP contribution in [-0.4, -0.2) is 11.8 Å². The molecule has 0 aliphatic carbocycles. The standard InChI is InChI=1S/C14H5BrClF2NO2/c15-10-11(18)8(16)5-9(17)12(10)19-13(20)6-3-1-2-4-7(6)14(19)21/h1-5H. The summed E-state index contributed by atoms with van der Waals surface area (Å²) in [7, 11) is 0. The van der Waals surface area contributed by atoms with E-state index in [0.29, 0.717) is 4.90 Å². The molecule has 1 aliphatic rings. The number of carbonyl (C=O) groups is 2. The van der Waals surface area contributed by atoms with Gasteiger partial charge in [0.15, 0.2) is 5.82 Å². The highest BCUT2D eigenvalue weighted by Gasteiger charge is 2.39. The number of imide groups is 1. The Kier molecular flexibility index (Phi) is 3.30. The number of rotatable bonds is 1. The average molecular weight is 373 g/mol. The van der Waals surface area contributed by atoms with Gasteiger partial charge >= 0.3 is 0 Å². The van der Waals surface area contributed by atoms with Gasteiger partial charge in [-0.3, -0.25) is 9.59 Å². The number of fused-ring (bicyclic) bond motifs is 1. The lowest BCUT2D eigenvalue weighted by Crippen LogP contribution is -2.30. The molecule has 3 nitrogen and oxygen atoms in total. The van der Waals surface area contributed by atoms with Crippen LogP contribution < -0.4 is 4.90 Å². The van der Waals surface area contributed by atoms with Gasteiger partial charge in [0.05, 0.1) is 20.6 Å². The van der Waals surface area contributed by atoms with E-state index in [1.54, 1.807) is 12.1 Å². The molecule has 0 N–H and O–H groups in total. The normalized spacial score (nSPS) is 13.8. The number of benzene rings is 2. The fourth-order valence-corrected chi connectivity index (χ4v) is 3.04. The molecule has 2 amide bonds. The van der Waals surface area contributed by atoms with Crippen LogP contribution >= 0.6 is 27.5 Å². The highest BCUT2D eigenvalue weighted by Crippen LogP contribution is 2.39. The van der Waals surface area contributed by atoms with E-state index in [2.05, 4.69) is 15.9 Å². The Labute approximate surface area is 131 Å². The van der Waals surface area contributed by atoms with E-state index in [0.717, 1.165) is 6.07 Å². The summed E-state index contributed by atoms with van der Waals surface area (Å²) in [6.45, 7) is 0. The lowest BCUT2D eigenvalue weighted by atomic mass is 10.1. The highest BCUT2D eigenvalue weighted by molar-refractivity contribution is 9.10. The first kappa shape index (κ1) is 14.2. The number of hydrogen-bond donors (Lipinski definition) is 0. The van der Waals surface area contributed by atoms with Crippen LogP contribution in [0.2, 0.25) is 5.02 Å². The fraction of sp³-hybridized carbons (Fsp3) is 0. The van der Waals surface area contributed by atoms with E-state index in [1.807, 2.05) is 0 Å². The molecule has 0 saturated carbocycles. The third-order valence-electron chi connectivity index (χ3n) is 3.11. The van der Waals surface area contributed by atoms with Crippen molar-refractivity contribution in [3.05, 3.63) is 62.6 Å². The van der Waals surface area contributed by atoms with Gasteiger partial charge in [-0.25, -0.2) is 13.7 Å². The minimum Gasteiger partial charge on any atom is -0.268 e. The Morgan fingerprint density at radius 3 is 2.10 bits per heavy atom. The van der Waals surface area contributed by atoms with Crippen LogP contribution in [0, 0.1) is 11.6 Å². The van der Waals surface area contributed by atoms with Crippen molar-refractivity contribution >= 4 is 45.0 Å². The first-order chi connectivity index (χ1) is 9.93. The Hall–Kier alpha value is -1.79. The van der Waals surface area contributed by atoms with Crippen LogP contribution in [0.25, 0.3) is 0 Å². The molecule has 106 valence electrons. The molecule has 0 radical (unpaired) electrons. The zero-order chi connectivity index (χ0) is 15.3. The van der Waals surface area contributed by atoms with Gasteiger partial charge < -0.3 is 0 Å². The maximum absolute atomic E-state index is 14.1. The van der Waals surface area contributed by atoms with Crippen molar-refractivity contribution in [2.75, 3.05) is 4.90 Å². The van der Waals surface area contributed by atoms with Gasteiger partial charge in [-0.1, -0.05) is 23.7 Å². The van der Waals surface area contributed by atoms with E-state index >= 15 is 0 Å². The number of nitrogens with zero attached hydrogens (tertiary/aromatic N) is 1. The molecule has 7 heteroatoms. The molecule has 2 aromatic rings. The third kappa shape index (κ3) is 1.98. The molecular formula is C14H5BrClF2NO2. The zero-order valence-electron chi connectivity index (χ0n) is 10.2. The van der Waals surface area contributed by atoms with Crippen molar-refractivity contribution in [1.29, 1.82) is 0 Å². The van der Waals surface area contributed by atoms with Gasteiger partial charge in [-0.2, -0.15) is 0 Å². The van der Waals surface area contributed by atoms with Gasteiger partial charge in [-0.15, -0.1) is 0 Å². The van der Waals surface area contributed by atoms with Crippen LogP contribution in [0.1, 0.15) is 20.7 Å². The van der Waals surface area contributed by atoms with Crippen molar-refractivity contribution in [1.82, 2.24) is 0 Å². The summed E-state index contributed by atoms with van der Waals surface area (Å²) < 4.78 is 27.5. The predicted molar refractivity (Wildman–Crippen MR) is 76.7 cm³/mol. The largest absolute Gasteiger partial charge is 0.268 e. The maximum Gasteiger partial charge on any atom is 0.266 e. The number of hydrogen-bond acceptors (Lipinski definition) is 2. The van der Waals surface area contributed by atoms with Crippen molar-refractivity contribution < 1.29 is 18.4 Å². The molecule has 1 aliphatic heterocycles. The topological polar surface area (TPSA) is 37.4 Å². The molecule has 2 aromatic carbocycles. The number of carbonyl (C=O) groups excluding carboxylic acids is 2.